The van der Waals surface area contributed by atoms with Crippen molar-refractivity contribution in [3.05, 3.63) is 95.6 Å². The van der Waals surface area contributed by atoms with Gasteiger partial charge in [-0.25, -0.2) is 0 Å². The smallest absolute Gasteiger partial charge is 0.263 e. The Kier molecular flexibility index (Phi) is 5.61. The average Bonchev–Trinajstić information content (AvgIpc) is 2.69. The molecule has 0 bridgehead atoms. The highest BCUT2D eigenvalue weighted by molar-refractivity contribution is 6.04. The fraction of sp³-hybridized carbons (Fsp3) is 0.136. The van der Waals surface area contributed by atoms with E-state index in [9.17, 15) is 9.59 Å². The van der Waals surface area contributed by atoms with Crippen molar-refractivity contribution >= 4 is 17.5 Å². The Morgan fingerprint density at radius 1 is 0.852 bits per heavy atom. The summed E-state index contributed by atoms with van der Waals surface area (Å²) in [6.45, 7) is 3.93. The third-order valence-corrected chi connectivity index (χ3v) is 3.87. The Bertz CT molecular complexity index is 1000. The summed E-state index contributed by atoms with van der Waals surface area (Å²) >= 11 is 0. The first-order chi connectivity index (χ1) is 13.0. The Morgan fingerprint density at radius 3 is 2.19 bits per heavy atom. The van der Waals surface area contributed by atoms with Crippen LogP contribution in [0.1, 0.15) is 34.6 Å². The molecule has 0 saturated heterocycles. The van der Waals surface area contributed by atoms with Gasteiger partial charge in [0, 0.05) is 29.1 Å². The molecule has 0 spiro atoms. The fourth-order valence-corrected chi connectivity index (χ4v) is 2.60. The zero-order valence-electron chi connectivity index (χ0n) is 15.3. The molecular weight excluding hydrogens is 338 g/mol. The SMILES string of the molecule is CC(C)N=c1ccccn1C(=O)c1ccc(NC(=O)c2ccccc2)cc1. The first-order valence-electron chi connectivity index (χ1n) is 8.77. The number of carbonyl (C=O) groups is 2. The highest BCUT2D eigenvalue weighted by atomic mass is 16.2. The standard InChI is InChI=1S/C22H21N3O2/c1-16(2)23-20-10-6-7-15-25(20)22(27)18-11-13-19(14-12-18)24-21(26)17-8-4-3-5-9-17/h3-16H,1-2H3,(H,24,26). The van der Waals surface area contributed by atoms with Gasteiger partial charge in [0.15, 0.2) is 0 Å². The lowest BCUT2D eigenvalue weighted by molar-refractivity contribution is 0.0954. The minimum Gasteiger partial charge on any atom is -0.322 e. The zero-order chi connectivity index (χ0) is 19.2. The second kappa shape index (κ2) is 8.27. The van der Waals surface area contributed by atoms with Crippen LogP contribution in [0.5, 0.6) is 0 Å². The van der Waals surface area contributed by atoms with Crippen LogP contribution in [-0.2, 0) is 0 Å². The largest absolute Gasteiger partial charge is 0.322 e. The number of carbonyl (C=O) groups excluding carboxylic acids is 2. The van der Waals surface area contributed by atoms with Gasteiger partial charge in [-0.05, 0) is 62.4 Å². The van der Waals surface area contributed by atoms with Crippen molar-refractivity contribution in [3.63, 3.8) is 0 Å². The monoisotopic (exact) mass is 359 g/mol. The molecule has 1 N–H and O–H groups in total. The third-order valence-electron chi connectivity index (χ3n) is 3.87. The Balaban J connectivity index is 1.80. The number of benzene rings is 2. The van der Waals surface area contributed by atoms with Crippen LogP contribution >= 0.6 is 0 Å². The lowest BCUT2D eigenvalue weighted by Crippen LogP contribution is -2.28. The molecule has 0 unspecified atom stereocenters. The molecule has 136 valence electrons. The molecule has 27 heavy (non-hydrogen) atoms. The van der Waals surface area contributed by atoms with Gasteiger partial charge in [-0.3, -0.25) is 19.1 Å². The number of nitrogens with one attached hydrogen (secondary N) is 1. The molecule has 5 heteroatoms. The molecule has 0 aliphatic carbocycles. The van der Waals surface area contributed by atoms with Gasteiger partial charge >= 0.3 is 0 Å². The van der Waals surface area contributed by atoms with Gasteiger partial charge in [0.2, 0.25) is 0 Å². The van der Waals surface area contributed by atoms with Gasteiger partial charge in [-0.2, -0.15) is 0 Å². The van der Waals surface area contributed by atoms with Crippen LogP contribution in [-0.4, -0.2) is 22.4 Å². The maximum atomic E-state index is 12.8. The van der Waals surface area contributed by atoms with E-state index in [4.69, 9.17) is 0 Å². The lowest BCUT2D eigenvalue weighted by atomic mass is 10.1. The maximum Gasteiger partial charge on any atom is 0.263 e. The van der Waals surface area contributed by atoms with Crippen molar-refractivity contribution in [2.24, 2.45) is 4.99 Å². The lowest BCUT2D eigenvalue weighted by Gasteiger charge is -2.09. The predicted molar refractivity (Wildman–Crippen MR) is 106 cm³/mol. The molecule has 0 atom stereocenters. The van der Waals surface area contributed by atoms with Crippen molar-refractivity contribution in [2.75, 3.05) is 5.32 Å². The maximum absolute atomic E-state index is 12.8. The quantitative estimate of drug-likeness (QED) is 0.771. The predicted octanol–water partition coefficient (Wildman–Crippen LogP) is 3.74. The van der Waals surface area contributed by atoms with Crippen LogP contribution in [0.15, 0.2) is 84.0 Å². The number of pyridine rings is 1. The molecule has 0 fully saturated rings. The highest BCUT2D eigenvalue weighted by Crippen LogP contribution is 2.12. The number of nitrogens with zero attached hydrogens (tertiary/aromatic N) is 2. The minimum atomic E-state index is -0.190. The molecule has 1 aromatic heterocycles. The molecule has 0 radical (unpaired) electrons. The van der Waals surface area contributed by atoms with E-state index in [1.54, 1.807) is 48.7 Å². The topological polar surface area (TPSA) is 63.5 Å². The molecule has 0 aliphatic rings. The van der Waals surface area contributed by atoms with Gasteiger partial charge in [-0.15, -0.1) is 0 Å². The van der Waals surface area contributed by atoms with E-state index >= 15 is 0 Å². The van der Waals surface area contributed by atoms with Crippen LogP contribution in [0.25, 0.3) is 0 Å². The van der Waals surface area contributed by atoms with E-state index in [1.165, 1.54) is 4.57 Å². The second-order valence-electron chi connectivity index (χ2n) is 6.35. The number of hydrogen-bond acceptors (Lipinski definition) is 3. The van der Waals surface area contributed by atoms with Crippen molar-refractivity contribution in [2.45, 2.75) is 19.9 Å². The molecule has 5 nitrogen and oxygen atoms in total. The Morgan fingerprint density at radius 2 is 1.52 bits per heavy atom. The van der Waals surface area contributed by atoms with Gasteiger partial charge in [-0.1, -0.05) is 24.3 Å². The van der Waals surface area contributed by atoms with Crippen LogP contribution in [0.4, 0.5) is 5.69 Å². The van der Waals surface area contributed by atoms with Gasteiger partial charge in [0.1, 0.15) is 5.49 Å². The molecule has 0 saturated carbocycles. The number of amides is 1. The molecule has 3 aromatic rings. The summed E-state index contributed by atoms with van der Waals surface area (Å²) in [5.41, 5.74) is 2.34. The van der Waals surface area contributed by atoms with E-state index < -0.39 is 0 Å². The minimum absolute atomic E-state index is 0.0852. The molecule has 2 aromatic carbocycles. The summed E-state index contributed by atoms with van der Waals surface area (Å²) in [5.74, 6) is -0.360. The number of rotatable bonds is 4. The molecule has 1 heterocycles. The first-order valence-corrected chi connectivity index (χ1v) is 8.77. The molecule has 3 rings (SSSR count). The zero-order valence-corrected chi connectivity index (χ0v) is 15.3. The fourth-order valence-electron chi connectivity index (χ4n) is 2.60. The van der Waals surface area contributed by atoms with Gasteiger partial charge < -0.3 is 5.32 Å². The summed E-state index contributed by atoms with van der Waals surface area (Å²) in [7, 11) is 0. The Hall–Kier alpha value is -3.47. The highest BCUT2D eigenvalue weighted by Gasteiger charge is 2.10. The van der Waals surface area contributed by atoms with E-state index in [2.05, 4.69) is 10.3 Å². The second-order valence-corrected chi connectivity index (χ2v) is 6.35. The van der Waals surface area contributed by atoms with E-state index in [0.29, 0.717) is 22.3 Å². The van der Waals surface area contributed by atoms with E-state index in [-0.39, 0.29) is 17.9 Å². The van der Waals surface area contributed by atoms with Crippen LogP contribution in [0, 0.1) is 0 Å². The van der Waals surface area contributed by atoms with E-state index in [0.717, 1.165) is 0 Å². The van der Waals surface area contributed by atoms with E-state index in [1.807, 2.05) is 44.2 Å². The number of anilines is 1. The summed E-state index contributed by atoms with van der Waals surface area (Å²) in [6.07, 6.45) is 1.70. The van der Waals surface area contributed by atoms with Crippen molar-refractivity contribution < 1.29 is 9.59 Å². The van der Waals surface area contributed by atoms with Crippen molar-refractivity contribution in [1.29, 1.82) is 0 Å². The molecule has 0 aliphatic heterocycles. The normalized spacial score (nSPS) is 11.4. The summed E-state index contributed by atoms with van der Waals surface area (Å²) in [5, 5.41) is 2.83. The summed E-state index contributed by atoms with van der Waals surface area (Å²) < 4.78 is 1.53. The number of hydrogen-bond donors (Lipinski definition) is 1. The van der Waals surface area contributed by atoms with Gasteiger partial charge in [0.05, 0.1) is 0 Å². The van der Waals surface area contributed by atoms with Gasteiger partial charge in [0.25, 0.3) is 11.8 Å². The van der Waals surface area contributed by atoms with Crippen LogP contribution in [0.3, 0.4) is 0 Å². The number of aromatic nitrogens is 1. The van der Waals surface area contributed by atoms with Crippen LogP contribution in [0.2, 0.25) is 0 Å². The van der Waals surface area contributed by atoms with Crippen molar-refractivity contribution in [1.82, 2.24) is 4.57 Å². The van der Waals surface area contributed by atoms with Crippen molar-refractivity contribution in [3.8, 4) is 0 Å². The van der Waals surface area contributed by atoms with Crippen LogP contribution < -0.4 is 10.8 Å². The molecule has 1 amide bonds. The molecular formula is C22H21N3O2. The third kappa shape index (κ3) is 4.58. The Labute approximate surface area is 158 Å². The average molecular weight is 359 g/mol. The summed E-state index contributed by atoms with van der Waals surface area (Å²) in [6, 6.07) is 21.4. The summed E-state index contributed by atoms with van der Waals surface area (Å²) in [4.78, 5) is 29.5. The first kappa shape index (κ1) is 18.3.